The number of H-pyrrole nitrogens is 1. The van der Waals surface area contributed by atoms with E-state index in [4.69, 9.17) is 4.52 Å². The lowest BCUT2D eigenvalue weighted by Crippen LogP contribution is -2.26. The Morgan fingerprint density at radius 3 is 2.59 bits per heavy atom. The number of anilines is 1. The van der Waals surface area contributed by atoms with Crippen LogP contribution in [0.3, 0.4) is 0 Å². The summed E-state index contributed by atoms with van der Waals surface area (Å²) in [7, 11) is -3.60. The monoisotopic (exact) mass is 421 g/mol. The van der Waals surface area contributed by atoms with E-state index in [1.54, 1.807) is 0 Å². The maximum absolute atomic E-state index is 11.7. The molecule has 12 nitrogen and oxygen atoms in total. The molecule has 154 valence electrons. The van der Waals surface area contributed by atoms with Crippen LogP contribution in [0.4, 0.5) is 11.4 Å². The number of nitro benzene ring substituents is 1. The quantitative estimate of drug-likeness (QED) is 0.445. The Labute approximate surface area is 165 Å². The summed E-state index contributed by atoms with van der Waals surface area (Å²) in [5.74, 6) is 0.692. The van der Waals surface area contributed by atoms with Crippen molar-refractivity contribution >= 4 is 21.2 Å². The van der Waals surface area contributed by atoms with Crippen molar-refractivity contribution in [2.45, 2.75) is 31.7 Å². The van der Waals surface area contributed by atoms with E-state index >= 15 is 0 Å². The Kier molecular flexibility index (Phi) is 5.09. The van der Waals surface area contributed by atoms with Crippen LogP contribution in [-0.4, -0.2) is 44.9 Å². The Balaban J connectivity index is 2.01. The van der Waals surface area contributed by atoms with E-state index in [2.05, 4.69) is 30.6 Å². The van der Waals surface area contributed by atoms with E-state index in [1.807, 2.05) is 20.8 Å². The van der Waals surface area contributed by atoms with Crippen molar-refractivity contribution in [3.05, 3.63) is 40.5 Å². The molecule has 0 aliphatic carbocycles. The highest BCUT2D eigenvalue weighted by Crippen LogP contribution is 2.38. The van der Waals surface area contributed by atoms with Gasteiger partial charge in [-0.05, 0) is 17.5 Å². The number of hydrogen-bond acceptors (Lipinski definition) is 10. The van der Waals surface area contributed by atoms with Gasteiger partial charge >= 0.3 is 0 Å². The van der Waals surface area contributed by atoms with Gasteiger partial charge in [0, 0.05) is 12.3 Å². The molecule has 3 aromatic rings. The van der Waals surface area contributed by atoms with Crippen LogP contribution in [0.1, 0.15) is 32.7 Å². The van der Waals surface area contributed by atoms with Crippen molar-refractivity contribution < 1.29 is 17.9 Å². The van der Waals surface area contributed by atoms with Crippen molar-refractivity contribution in [1.29, 1.82) is 0 Å². The first-order chi connectivity index (χ1) is 13.5. The van der Waals surface area contributed by atoms with Crippen LogP contribution in [0.2, 0.25) is 0 Å². The Morgan fingerprint density at radius 2 is 2.03 bits per heavy atom. The second-order valence-corrected chi connectivity index (χ2v) is 9.46. The molecule has 13 heteroatoms. The lowest BCUT2D eigenvalue weighted by molar-refractivity contribution is -0.384. The van der Waals surface area contributed by atoms with Crippen molar-refractivity contribution in [3.8, 4) is 11.6 Å². The minimum atomic E-state index is -3.60. The predicted octanol–water partition coefficient (Wildman–Crippen LogP) is 2.37. The predicted molar refractivity (Wildman–Crippen MR) is 102 cm³/mol. The van der Waals surface area contributed by atoms with Gasteiger partial charge in [0.2, 0.25) is 11.7 Å². The van der Waals surface area contributed by atoms with Crippen LogP contribution in [0.25, 0.3) is 11.6 Å². The average Bonchev–Trinajstić information content (AvgIpc) is 3.28. The topological polar surface area (TPSA) is 170 Å². The van der Waals surface area contributed by atoms with Gasteiger partial charge in [0.1, 0.15) is 18.1 Å². The molecule has 1 atom stereocenters. The van der Waals surface area contributed by atoms with E-state index in [-0.39, 0.29) is 28.0 Å². The van der Waals surface area contributed by atoms with Crippen LogP contribution in [0.15, 0.2) is 33.9 Å². The van der Waals surface area contributed by atoms with Crippen LogP contribution in [0, 0.1) is 15.5 Å². The molecule has 0 amide bonds. The van der Waals surface area contributed by atoms with E-state index in [0.29, 0.717) is 5.82 Å². The van der Waals surface area contributed by atoms with Crippen molar-refractivity contribution in [1.82, 2.24) is 25.3 Å². The van der Waals surface area contributed by atoms with Crippen molar-refractivity contribution in [2.75, 3.05) is 11.6 Å². The molecule has 29 heavy (non-hydrogen) atoms. The van der Waals surface area contributed by atoms with E-state index in [9.17, 15) is 18.5 Å². The average molecular weight is 421 g/mol. The number of nitrogens with one attached hydrogen (secondary N) is 2. The maximum atomic E-state index is 11.7. The Hall–Kier alpha value is -3.35. The number of aromatic nitrogens is 5. The van der Waals surface area contributed by atoms with Crippen LogP contribution in [0.5, 0.6) is 0 Å². The van der Waals surface area contributed by atoms with Gasteiger partial charge in [-0.15, -0.1) is 0 Å². The number of sulfone groups is 1. The summed E-state index contributed by atoms with van der Waals surface area (Å²) in [5, 5.41) is 24.8. The lowest BCUT2D eigenvalue weighted by Gasteiger charge is -2.29. The highest BCUT2D eigenvalue weighted by Gasteiger charge is 2.33. The minimum Gasteiger partial charge on any atom is -0.368 e. The number of benzene rings is 1. The van der Waals surface area contributed by atoms with Crippen LogP contribution >= 0.6 is 0 Å². The summed E-state index contributed by atoms with van der Waals surface area (Å²) < 4.78 is 28.8. The first-order valence-corrected chi connectivity index (χ1v) is 10.3. The molecule has 0 fully saturated rings. The molecule has 0 radical (unpaired) electrons. The first kappa shape index (κ1) is 20.4. The number of nitrogens with zero attached hydrogens (tertiary/aromatic N) is 5. The molecule has 0 spiro atoms. The third-order valence-electron chi connectivity index (χ3n) is 4.08. The summed E-state index contributed by atoms with van der Waals surface area (Å²) in [5.41, 5.74) is -0.743. The second kappa shape index (κ2) is 7.24. The lowest BCUT2D eigenvalue weighted by atomic mass is 9.86. The zero-order chi connectivity index (χ0) is 21.4. The molecule has 0 aliphatic heterocycles. The fourth-order valence-electron chi connectivity index (χ4n) is 2.58. The van der Waals surface area contributed by atoms with E-state index in [1.165, 1.54) is 18.5 Å². The van der Waals surface area contributed by atoms with Gasteiger partial charge < -0.3 is 9.84 Å². The number of aromatic amines is 1. The fourth-order valence-corrected chi connectivity index (χ4v) is 3.22. The normalized spacial score (nSPS) is 13.2. The second-order valence-electron chi connectivity index (χ2n) is 7.44. The molecule has 1 aromatic carbocycles. The smallest absolute Gasteiger partial charge is 0.293 e. The van der Waals surface area contributed by atoms with Gasteiger partial charge in [-0.25, -0.2) is 13.4 Å². The SMILES string of the molecule is CC(C)(C)[C@H](Nc1ccc(S(C)(=O)=O)cc1[N+](=O)[O-])c1nc(-c2ncn[nH]2)no1. The standard InChI is InChI=1S/C16H19N7O5S/c1-16(2,3)12(15-20-14(22-28-15)13-17-8-18-21-13)19-10-6-5-9(29(4,26)27)7-11(10)23(24)25/h5-8,12,19H,1-4H3,(H,17,18,21)/t12-/m1/s1. The van der Waals surface area contributed by atoms with Gasteiger partial charge in [0.25, 0.3) is 5.69 Å². The Morgan fingerprint density at radius 1 is 1.31 bits per heavy atom. The van der Waals surface area contributed by atoms with Gasteiger partial charge in [-0.1, -0.05) is 25.9 Å². The molecule has 3 rings (SSSR count). The summed E-state index contributed by atoms with van der Waals surface area (Å²) >= 11 is 0. The molecule has 0 unspecified atom stereocenters. The molecular weight excluding hydrogens is 402 g/mol. The molecule has 0 aliphatic rings. The summed E-state index contributed by atoms with van der Waals surface area (Å²) in [6, 6.07) is 3.05. The fraction of sp³-hybridized carbons (Fsp3) is 0.375. The zero-order valence-electron chi connectivity index (χ0n) is 16.1. The highest BCUT2D eigenvalue weighted by molar-refractivity contribution is 7.90. The summed E-state index contributed by atoms with van der Waals surface area (Å²) in [4.78, 5) is 19.0. The summed E-state index contributed by atoms with van der Waals surface area (Å²) in [6.07, 6.45) is 2.29. The third-order valence-corrected chi connectivity index (χ3v) is 5.19. The Bertz CT molecular complexity index is 1130. The molecule has 2 heterocycles. The van der Waals surface area contributed by atoms with Crippen molar-refractivity contribution in [2.24, 2.45) is 5.41 Å². The number of hydrogen-bond donors (Lipinski definition) is 2. The van der Waals surface area contributed by atoms with Crippen LogP contribution < -0.4 is 5.32 Å². The van der Waals surface area contributed by atoms with Crippen LogP contribution in [-0.2, 0) is 9.84 Å². The van der Waals surface area contributed by atoms with Gasteiger partial charge in [-0.2, -0.15) is 10.1 Å². The zero-order valence-corrected chi connectivity index (χ0v) is 16.9. The van der Waals surface area contributed by atoms with Gasteiger partial charge in [-0.3, -0.25) is 15.2 Å². The molecular formula is C16H19N7O5S. The minimum absolute atomic E-state index is 0.127. The molecule has 2 N–H and O–H groups in total. The number of nitro groups is 1. The molecule has 0 bridgehead atoms. The van der Waals surface area contributed by atoms with Crippen molar-refractivity contribution in [3.63, 3.8) is 0 Å². The first-order valence-electron chi connectivity index (χ1n) is 8.41. The third kappa shape index (κ3) is 4.39. The summed E-state index contributed by atoms with van der Waals surface area (Å²) in [6.45, 7) is 5.67. The number of rotatable bonds is 6. The maximum Gasteiger partial charge on any atom is 0.293 e. The highest BCUT2D eigenvalue weighted by atomic mass is 32.2. The van der Waals surface area contributed by atoms with Gasteiger partial charge in [0.05, 0.1) is 9.82 Å². The van der Waals surface area contributed by atoms with Gasteiger partial charge in [0.15, 0.2) is 15.7 Å². The molecule has 0 saturated heterocycles. The largest absolute Gasteiger partial charge is 0.368 e. The molecule has 0 saturated carbocycles. The van der Waals surface area contributed by atoms with E-state index in [0.717, 1.165) is 12.3 Å². The van der Waals surface area contributed by atoms with E-state index < -0.39 is 26.2 Å². The molecule has 2 aromatic heterocycles.